The van der Waals surface area contributed by atoms with Crippen molar-refractivity contribution in [3.63, 3.8) is 0 Å². The van der Waals surface area contributed by atoms with Crippen LogP contribution < -0.4 is 5.32 Å². The van der Waals surface area contributed by atoms with Gasteiger partial charge in [0.1, 0.15) is 0 Å². The summed E-state index contributed by atoms with van der Waals surface area (Å²) < 4.78 is 0. The van der Waals surface area contributed by atoms with E-state index in [1.165, 1.54) is 51.6 Å². The summed E-state index contributed by atoms with van der Waals surface area (Å²) in [6.07, 6.45) is 8.45. The molecule has 3 atom stereocenters. The molecule has 100 valence electrons. The average molecular weight is 238 g/mol. The van der Waals surface area contributed by atoms with Gasteiger partial charge < -0.3 is 10.2 Å². The first-order chi connectivity index (χ1) is 8.20. The molecular formula is C15H30N2. The van der Waals surface area contributed by atoms with Crippen LogP contribution in [-0.4, -0.2) is 37.1 Å². The highest BCUT2D eigenvalue weighted by atomic mass is 15.2. The van der Waals surface area contributed by atoms with Crippen LogP contribution >= 0.6 is 0 Å². The third-order valence-corrected chi connectivity index (χ3v) is 4.90. The summed E-state index contributed by atoms with van der Waals surface area (Å²) in [6, 6.07) is 1.79. The van der Waals surface area contributed by atoms with Gasteiger partial charge in [0.05, 0.1) is 0 Å². The molecule has 0 aliphatic carbocycles. The van der Waals surface area contributed by atoms with Crippen molar-refractivity contribution in [2.24, 2.45) is 11.8 Å². The van der Waals surface area contributed by atoms with E-state index in [0.29, 0.717) is 0 Å². The van der Waals surface area contributed by atoms with Crippen molar-refractivity contribution in [2.75, 3.05) is 20.1 Å². The zero-order chi connectivity index (χ0) is 12.3. The van der Waals surface area contributed by atoms with Crippen molar-refractivity contribution >= 4 is 0 Å². The van der Waals surface area contributed by atoms with E-state index in [-0.39, 0.29) is 0 Å². The van der Waals surface area contributed by atoms with Crippen LogP contribution in [0.2, 0.25) is 0 Å². The summed E-state index contributed by atoms with van der Waals surface area (Å²) in [7, 11) is 2.33. The van der Waals surface area contributed by atoms with Crippen LogP contribution in [0, 0.1) is 11.8 Å². The predicted molar refractivity (Wildman–Crippen MR) is 74.2 cm³/mol. The van der Waals surface area contributed by atoms with Gasteiger partial charge in [-0.15, -0.1) is 0 Å². The van der Waals surface area contributed by atoms with Gasteiger partial charge >= 0.3 is 0 Å². The highest BCUT2D eigenvalue weighted by Crippen LogP contribution is 2.36. The smallest absolute Gasteiger partial charge is 0.00988 e. The Balaban J connectivity index is 1.64. The molecule has 3 unspecified atom stereocenters. The van der Waals surface area contributed by atoms with Gasteiger partial charge in [-0.2, -0.15) is 0 Å². The van der Waals surface area contributed by atoms with Gasteiger partial charge in [0.15, 0.2) is 0 Å². The van der Waals surface area contributed by atoms with E-state index in [1.54, 1.807) is 0 Å². The molecule has 2 nitrogen and oxygen atoms in total. The molecule has 0 radical (unpaired) electrons. The van der Waals surface area contributed by atoms with Crippen LogP contribution in [0.4, 0.5) is 0 Å². The molecule has 2 heterocycles. The summed E-state index contributed by atoms with van der Waals surface area (Å²) in [4.78, 5) is 2.64. The molecule has 1 N–H and O–H groups in total. The molecule has 0 spiro atoms. The molecule has 2 heteroatoms. The van der Waals surface area contributed by atoms with Crippen LogP contribution in [0.3, 0.4) is 0 Å². The van der Waals surface area contributed by atoms with Crippen molar-refractivity contribution in [3.8, 4) is 0 Å². The summed E-state index contributed by atoms with van der Waals surface area (Å²) in [5.74, 6) is 1.79. The fraction of sp³-hybridized carbons (Fsp3) is 1.00. The van der Waals surface area contributed by atoms with Crippen LogP contribution in [0.1, 0.15) is 52.4 Å². The number of rotatable bonds is 6. The van der Waals surface area contributed by atoms with Gasteiger partial charge in [-0.05, 0) is 64.1 Å². The fourth-order valence-electron chi connectivity index (χ4n) is 3.82. The summed E-state index contributed by atoms with van der Waals surface area (Å²) in [5.41, 5.74) is 0. The maximum atomic E-state index is 3.70. The summed E-state index contributed by atoms with van der Waals surface area (Å²) in [6.45, 7) is 7.13. The Morgan fingerprint density at radius 1 is 1.24 bits per heavy atom. The minimum absolute atomic E-state index is 0.850. The molecule has 0 amide bonds. The van der Waals surface area contributed by atoms with Gasteiger partial charge in [-0.3, -0.25) is 0 Å². The normalized spacial score (nSPS) is 35.1. The second-order valence-electron chi connectivity index (χ2n) is 6.44. The molecule has 2 aliphatic heterocycles. The van der Waals surface area contributed by atoms with Crippen LogP contribution in [0.5, 0.6) is 0 Å². The van der Waals surface area contributed by atoms with E-state index in [0.717, 1.165) is 23.9 Å². The predicted octanol–water partition coefficient (Wildman–Crippen LogP) is 2.89. The van der Waals surface area contributed by atoms with Gasteiger partial charge in [-0.25, -0.2) is 0 Å². The zero-order valence-electron chi connectivity index (χ0n) is 11.9. The van der Waals surface area contributed by atoms with E-state index < -0.39 is 0 Å². The molecule has 2 rings (SSSR count). The number of piperidine rings is 1. The van der Waals surface area contributed by atoms with E-state index >= 15 is 0 Å². The average Bonchev–Trinajstić information content (AvgIpc) is 2.53. The number of nitrogens with one attached hydrogen (secondary N) is 1. The summed E-state index contributed by atoms with van der Waals surface area (Å²) in [5, 5.41) is 3.70. The zero-order valence-corrected chi connectivity index (χ0v) is 11.9. The molecule has 2 bridgehead atoms. The Kier molecular flexibility index (Phi) is 4.87. The second-order valence-corrected chi connectivity index (χ2v) is 6.44. The van der Waals surface area contributed by atoms with E-state index in [4.69, 9.17) is 0 Å². The molecule has 2 fully saturated rings. The molecular weight excluding hydrogens is 208 g/mol. The highest BCUT2D eigenvalue weighted by molar-refractivity contribution is 4.93. The molecule has 0 saturated carbocycles. The quantitative estimate of drug-likeness (QED) is 0.765. The first kappa shape index (κ1) is 13.4. The molecule has 17 heavy (non-hydrogen) atoms. The standard InChI is InChI=1S/C15H30N2/c1-4-5-12(2)10-16-11-13-8-14-6-7-15(9-13)17(14)3/h12-16H,4-11H2,1-3H3. The van der Waals surface area contributed by atoms with Gasteiger partial charge in [-0.1, -0.05) is 20.3 Å². The lowest BCUT2D eigenvalue weighted by Gasteiger charge is -2.36. The lowest BCUT2D eigenvalue weighted by Crippen LogP contribution is -2.42. The van der Waals surface area contributed by atoms with Crippen molar-refractivity contribution in [1.29, 1.82) is 0 Å². The third kappa shape index (κ3) is 3.45. The van der Waals surface area contributed by atoms with Gasteiger partial charge in [0, 0.05) is 12.1 Å². The molecule has 0 aromatic carbocycles. The first-order valence-corrected chi connectivity index (χ1v) is 7.63. The maximum absolute atomic E-state index is 3.70. The Labute approximate surface area is 107 Å². The lowest BCUT2D eigenvalue weighted by atomic mass is 9.91. The third-order valence-electron chi connectivity index (χ3n) is 4.90. The van der Waals surface area contributed by atoms with E-state index in [2.05, 4.69) is 31.1 Å². The molecule has 0 aromatic heterocycles. The highest BCUT2D eigenvalue weighted by Gasteiger charge is 2.37. The van der Waals surface area contributed by atoms with Gasteiger partial charge in [0.2, 0.25) is 0 Å². The van der Waals surface area contributed by atoms with Crippen LogP contribution in [-0.2, 0) is 0 Å². The Hall–Kier alpha value is -0.0800. The topological polar surface area (TPSA) is 15.3 Å². The number of hydrogen-bond donors (Lipinski definition) is 1. The minimum atomic E-state index is 0.850. The Morgan fingerprint density at radius 3 is 2.47 bits per heavy atom. The van der Waals surface area contributed by atoms with Crippen molar-refractivity contribution < 1.29 is 0 Å². The molecule has 0 aromatic rings. The maximum Gasteiger partial charge on any atom is 0.00988 e. The van der Waals surface area contributed by atoms with Crippen molar-refractivity contribution in [1.82, 2.24) is 10.2 Å². The van der Waals surface area contributed by atoms with E-state index in [9.17, 15) is 0 Å². The van der Waals surface area contributed by atoms with Crippen molar-refractivity contribution in [3.05, 3.63) is 0 Å². The fourth-order valence-corrected chi connectivity index (χ4v) is 3.82. The summed E-state index contributed by atoms with van der Waals surface area (Å²) >= 11 is 0. The number of hydrogen-bond acceptors (Lipinski definition) is 2. The SMILES string of the molecule is CCCC(C)CNCC1CC2CCC(C1)N2C. The first-order valence-electron chi connectivity index (χ1n) is 7.63. The van der Waals surface area contributed by atoms with Crippen molar-refractivity contribution in [2.45, 2.75) is 64.5 Å². The lowest BCUT2D eigenvalue weighted by molar-refractivity contribution is 0.132. The Morgan fingerprint density at radius 2 is 1.88 bits per heavy atom. The van der Waals surface area contributed by atoms with Gasteiger partial charge in [0.25, 0.3) is 0 Å². The minimum Gasteiger partial charge on any atom is -0.316 e. The number of fused-ring (bicyclic) bond motifs is 2. The van der Waals surface area contributed by atoms with E-state index in [1.807, 2.05) is 0 Å². The van der Waals surface area contributed by atoms with Crippen LogP contribution in [0.15, 0.2) is 0 Å². The monoisotopic (exact) mass is 238 g/mol. The largest absolute Gasteiger partial charge is 0.316 e. The van der Waals surface area contributed by atoms with Crippen LogP contribution in [0.25, 0.3) is 0 Å². The second kappa shape index (κ2) is 6.19. The molecule has 2 saturated heterocycles. The number of nitrogens with zero attached hydrogens (tertiary/aromatic N) is 1. The molecule has 2 aliphatic rings. The Bertz CT molecular complexity index is 215.